The molecule has 4 nitrogen and oxygen atoms in total. The molecule has 0 fully saturated rings. The van der Waals surface area contributed by atoms with Crippen molar-refractivity contribution in [1.82, 2.24) is 9.36 Å². The van der Waals surface area contributed by atoms with Gasteiger partial charge in [-0.05, 0) is 18.5 Å². The van der Waals surface area contributed by atoms with Crippen molar-refractivity contribution in [2.45, 2.75) is 13.5 Å². The Morgan fingerprint density at radius 1 is 1.32 bits per heavy atom. The van der Waals surface area contributed by atoms with Gasteiger partial charge in [0.15, 0.2) is 5.15 Å². The Kier molecular flexibility index (Phi) is 4.39. The van der Waals surface area contributed by atoms with E-state index in [1.54, 1.807) is 11.3 Å². The number of aromatic nitrogens is 2. The van der Waals surface area contributed by atoms with E-state index >= 15 is 0 Å². The third-order valence-corrected chi connectivity index (χ3v) is 5.47. The summed E-state index contributed by atoms with van der Waals surface area (Å²) in [5.74, 6) is 0. The van der Waals surface area contributed by atoms with Crippen LogP contribution in [0.15, 0.2) is 30.3 Å². The molecule has 0 amide bonds. The summed E-state index contributed by atoms with van der Waals surface area (Å²) in [4.78, 5) is 5.75. The van der Waals surface area contributed by atoms with Crippen LogP contribution in [-0.2, 0) is 6.54 Å². The highest BCUT2D eigenvalue weighted by Gasteiger charge is 2.13. The fraction of sp³-hybridized carbons (Fsp3) is 0.133. The first kappa shape index (κ1) is 15.0. The van der Waals surface area contributed by atoms with Crippen molar-refractivity contribution in [3.63, 3.8) is 0 Å². The van der Waals surface area contributed by atoms with Gasteiger partial charge in [-0.25, -0.2) is 4.98 Å². The van der Waals surface area contributed by atoms with Gasteiger partial charge in [-0.15, -0.1) is 11.3 Å². The Morgan fingerprint density at radius 2 is 2.09 bits per heavy atom. The highest BCUT2D eigenvalue weighted by atomic mass is 35.5. The fourth-order valence-corrected chi connectivity index (χ4v) is 3.88. The summed E-state index contributed by atoms with van der Waals surface area (Å²) in [7, 11) is 0. The molecule has 7 heteroatoms. The number of thiazole rings is 1. The summed E-state index contributed by atoms with van der Waals surface area (Å²) in [5.41, 5.74) is 2.50. The molecule has 0 radical (unpaired) electrons. The Balaban J connectivity index is 1.79. The van der Waals surface area contributed by atoms with Crippen LogP contribution in [-0.4, -0.2) is 9.36 Å². The van der Waals surface area contributed by atoms with E-state index in [0.29, 0.717) is 17.1 Å². The molecule has 0 saturated heterocycles. The SMILES string of the molecule is Cc1nc(-c2ccccc2)sc1CNc1snc(Cl)c1C#N. The fourth-order valence-electron chi connectivity index (χ4n) is 1.95. The minimum absolute atomic E-state index is 0.251. The summed E-state index contributed by atoms with van der Waals surface area (Å²) >= 11 is 8.71. The zero-order chi connectivity index (χ0) is 15.5. The van der Waals surface area contributed by atoms with Crippen molar-refractivity contribution in [1.29, 1.82) is 5.26 Å². The first-order valence-corrected chi connectivity index (χ1v) is 8.46. The molecule has 3 aromatic rings. The van der Waals surface area contributed by atoms with Crippen LogP contribution in [0.2, 0.25) is 5.15 Å². The van der Waals surface area contributed by atoms with Gasteiger partial charge >= 0.3 is 0 Å². The number of aryl methyl sites for hydroxylation is 1. The van der Waals surface area contributed by atoms with E-state index in [4.69, 9.17) is 16.9 Å². The maximum absolute atomic E-state index is 9.08. The Morgan fingerprint density at radius 3 is 2.82 bits per heavy atom. The summed E-state index contributed by atoms with van der Waals surface area (Å²) in [6.45, 7) is 2.59. The lowest BCUT2D eigenvalue weighted by atomic mass is 10.2. The average Bonchev–Trinajstić information content (AvgIpc) is 3.09. The minimum atomic E-state index is 0.251. The number of hydrogen-bond acceptors (Lipinski definition) is 6. The van der Waals surface area contributed by atoms with Crippen LogP contribution in [0, 0.1) is 18.3 Å². The van der Waals surface area contributed by atoms with Crippen LogP contribution >= 0.6 is 34.5 Å². The van der Waals surface area contributed by atoms with Crippen molar-refractivity contribution >= 4 is 39.5 Å². The normalized spacial score (nSPS) is 10.4. The lowest BCUT2D eigenvalue weighted by molar-refractivity contribution is 1.13. The van der Waals surface area contributed by atoms with Crippen LogP contribution in [0.4, 0.5) is 5.00 Å². The van der Waals surface area contributed by atoms with Crippen molar-refractivity contribution in [3.05, 3.63) is 51.6 Å². The lowest BCUT2D eigenvalue weighted by Gasteiger charge is -2.01. The van der Waals surface area contributed by atoms with Gasteiger partial charge in [-0.2, -0.15) is 9.64 Å². The van der Waals surface area contributed by atoms with E-state index in [9.17, 15) is 0 Å². The van der Waals surface area contributed by atoms with Crippen molar-refractivity contribution in [2.75, 3.05) is 5.32 Å². The number of anilines is 1. The maximum Gasteiger partial charge on any atom is 0.162 e. The van der Waals surface area contributed by atoms with E-state index in [-0.39, 0.29) is 5.15 Å². The number of hydrogen-bond donors (Lipinski definition) is 1. The molecule has 2 heterocycles. The van der Waals surface area contributed by atoms with E-state index < -0.39 is 0 Å². The number of nitriles is 1. The summed E-state index contributed by atoms with van der Waals surface area (Å²) in [5, 5.41) is 14.2. The van der Waals surface area contributed by atoms with Gasteiger partial charge in [0.05, 0.1) is 12.2 Å². The van der Waals surface area contributed by atoms with Gasteiger partial charge in [0.1, 0.15) is 21.6 Å². The third kappa shape index (κ3) is 2.97. The molecule has 0 spiro atoms. The second-order valence-corrected chi connectivity index (χ2v) is 6.75. The lowest BCUT2D eigenvalue weighted by Crippen LogP contribution is -1.98. The first-order chi connectivity index (χ1) is 10.7. The highest BCUT2D eigenvalue weighted by Crippen LogP contribution is 2.31. The van der Waals surface area contributed by atoms with E-state index in [2.05, 4.69) is 20.7 Å². The van der Waals surface area contributed by atoms with Gasteiger partial charge in [-0.1, -0.05) is 41.9 Å². The Labute approximate surface area is 141 Å². The second-order valence-electron chi connectivity index (χ2n) is 4.54. The smallest absolute Gasteiger partial charge is 0.162 e. The molecule has 3 rings (SSSR count). The zero-order valence-electron chi connectivity index (χ0n) is 11.6. The topological polar surface area (TPSA) is 61.6 Å². The molecule has 0 aliphatic carbocycles. The molecule has 0 bridgehead atoms. The van der Waals surface area contributed by atoms with Crippen LogP contribution < -0.4 is 5.32 Å². The molecule has 0 aliphatic rings. The Hall–Kier alpha value is -1.94. The molecule has 0 atom stereocenters. The number of halogens is 1. The zero-order valence-corrected chi connectivity index (χ0v) is 14.0. The van der Waals surface area contributed by atoms with E-state index in [1.807, 2.05) is 37.3 Å². The molecule has 0 aliphatic heterocycles. The molecule has 110 valence electrons. The summed E-state index contributed by atoms with van der Waals surface area (Å²) < 4.78 is 3.98. The van der Waals surface area contributed by atoms with Crippen molar-refractivity contribution < 1.29 is 0 Å². The highest BCUT2D eigenvalue weighted by molar-refractivity contribution is 7.15. The van der Waals surface area contributed by atoms with Crippen LogP contribution in [0.25, 0.3) is 10.6 Å². The van der Waals surface area contributed by atoms with Crippen LogP contribution in [0.5, 0.6) is 0 Å². The largest absolute Gasteiger partial charge is 0.370 e. The molecule has 1 N–H and O–H groups in total. The standard InChI is InChI=1S/C15H11ClN4S2/c1-9-12(8-18-15-11(7-17)13(16)20-22-15)21-14(19-9)10-5-3-2-4-6-10/h2-6,18H,8H2,1H3. The number of nitrogens with zero attached hydrogens (tertiary/aromatic N) is 3. The molecule has 0 saturated carbocycles. The van der Waals surface area contributed by atoms with Crippen molar-refractivity contribution in [3.8, 4) is 16.6 Å². The third-order valence-electron chi connectivity index (χ3n) is 3.09. The number of benzene rings is 1. The molecule has 0 unspecified atom stereocenters. The van der Waals surface area contributed by atoms with Crippen molar-refractivity contribution in [2.24, 2.45) is 0 Å². The Bertz CT molecular complexity index is 833. The molecular weight excluding hydrogens is 336 g/mol. The van der Waals surface area contributed by atoms with Gasteiger partial charge in [0, 0.05) is 10.4 Å². The number of rotatable bonds is 4. The molecule has 1 aromatic carbocycles. The van der Waals surface area contributed by atoms with Crippen LogP contribution in [0.3, 0.4) is 0 Å². The summed E-state index contributed by atoms with van der Waals surface area (Å²) in [6.07, 6.45) is 0. The molecule has 22 heavy (non-hydrogen) atoms. The second kappa shape index (κ2) is 6.44. The molecule has 2 aromatic heterocycles. The van der Waals surface area contributed by atoms with Gasteiger partial charge in [0.2, 0.25) is 0 Å². The minimum Gasteiger partial charge on any atom is -0.370 e. The maximum atomic E-state index is 9.08. The average molecular weight is 347 g/mol. The monoisotopic (exact) mass is 346 g/mol. The molecular formula is C15H11ClN4S2. The van der Waals surface area contributed by atoms with Gasteiger partial charge in [-0.3, -0.25) is 0 Å². The van der Waals surface area contributed by atoms with E-state index in [1.165, 1.54) is 11.5 Å². The predicted molar refractivity (Wildman–Crippen MR) is 91.5 cm³/mol. The van der Waals surface area contributed by atoms with Gasteiger partial charge < -0.3 is 5.32 Å². The predicted octanol–water partition coefficient (Wildman–Crippen LogP) is 4.71. The van der Waals surface area contributed by atoms with Crippen LogP contribution in [0.1, 0.15) is 16.1 Å². The number of nitrogens with one attached hydrogen (secondary N) is 1. The first-order valence-electron chi connectivity index (χ1n) is 6.50. The quantitative estimate of drug-likeness (QED) is 0.743. The van der Waals surface area contributed by atoms with Gasteiger partial charge in [0.25, 0.3) is 0 Å². The van der Waals surface area contributed by atoms with E-state index in [0.717, 1.165) is 21.1 Å². The summed E-state index contributed by atoms with van der Waals surface area (Å²) in [6, 6.07) is 12.2.